The largest absolute Gasteiger partial charge is 0.445 e. The average Bonchev–Trinajstić information content (AvgIpc) is 3.00. The van der Waals surface area contributed by atoms with Gasteiger partial charge in [-0.3, -0.25) is 0 Å². The zero-order valence-corrected chi connectivity index (χ0v) is 13.1. The molecular weight excluding hydrogens is 298 g/mol. The maximum absolute atomic E-state index is 12.2. The molecule has 0 bridgehead atoms. The monoisotopic (exact) mass is 317 g/mol. The lowest BCUT2D eigenvalue weighted by Crippen LogP contribution is -2.39. The van der Waals surface area contributed by atoms with E-state index in [1.165, 1.54) is 11.5 Å². The van der Waals surface area contributed by atoms with Crippen LogP contribution in [0.15, 0.2) is 36.5 Å². The second-order valence-electron chi connectivity index (χ2n) is 5.47. The van der Waals surface area contributed by atoms with Gasteiger partial charge in [-0.05, 0) is 29.9 Å². The Hall–Kier alpha value is -2.08. The number of ether oxygens (including phenoxy) is 1. The van der Waals surface area contributed by atoms with Gasteiger partial charge in [0.2, 0.25) is 0 Å². The van der Waals surface area contributed by atoms with E-state index in [1.807, 2.05) is 36.5 Å². The summed E-state index contributed by atoms with van der Waals surface area (Å²) < 4.78 is 9.53. The lowest BCUT2D eigenvalue weighted by atomic mass is 9.93. The zero-order valence-electron chi connectivity index (χ0n) is 12.3. The number of hydrogen-bond acceptors (Lipinski definition) is 5. The Morgan fingerprint density at radius 3 is 2.95 bits per heavy atom. The van der Waals surface area contributed by atoms with Crippen molar-refractivity contribution in [3.8, 4) is 0 Å². The molecule has 0 radical (unpaired) electrons. The van der Waals surface area contributed by atoms with Crippen LogP contribution in [0.1, 0.15) is 29.9 Å². The standard InChI is InChI=1S/C16H19N3O2S/c17-15-14(9-18-22-15)13-7-4-8-19(10-13)16(20)21-11-12-5-2-1-3-6-12/h1-3,5-6,9,13H,4,7-8,10-11,17H2. The fraction of sp³-hybridized carbons (Fsp3) is 0.375. The molecule has 1 atom stereocenters. The van der Waals surface area contributed by atoms with Crippen molar-refractivity contribution in [3.63, 3.8) is 0 Å². The molecule has 1 aromatic heterocycles. The van der Waals surface area contributed by atoms with E-state index < -0.39 is 0 Å². The van der Waals surface area contributed by atoms with Crippen molar-refractivity contribution in [3.05, 3.63) is 47.7 Å². The van der Waals surface area contributed by atoms with Crippen LogP contribution in [0.5, 0.6) is 0 Å². The van der Waals surface area contributed by atoms with Crippen LogP contribution in [0.2, 0.25) is 0 Å². The number of piperidine rings is 1. The van der Waals surface area contributed by atoms with E-state index in [4.69, 9.17) is 10.5 Å². The van der Waals surface area contributed by atoms with Crippen LogP contribution in [-0.4, -0.2) is 28.5 Å². The third-order valence-electron chi connectivity index (χ3n) is 3.95. The Morgan fingerprint density at radius 2 is 2.23 bits per heavy atom. The molecule has 0 spiro atoms. The number of benzene rings is 1. The van der Waals surface area contributed by atoms with Gasteiger partial charge >= 0.3 is 6.09 Å². The number of nitrogen functional groups attached to an aromatic ring is 1. The highest BCUT2D eigenvalue weighted by molar-refractivity contribution is 7.10. The molecule has 0 aliphatic carbocycles. The van der Waals surface area contributed by atoms with E-state index in [2.05, 4.69) is 4.37 Å². The van der Waals surface area contributed by atoms with E-state index in [-0.39, 0.29) is 12.0 Å². The lowest BCUT2D eigenvalue weighted by Gasteiger charge is -2.31. The predicted molar refractivity (Wildman–Crippen MR) is 86.7 cm³/mol. The summed E-state index contributed by atoms with van der Waals surface area (Å²) in [6.45, 7) is 1.70. The summed E-state index contributed by atoms with van der Waals surface area (Å²) in [6, 6.07) is 9.72. The number of aromatic nitrogens is 1. The SMILES string of the molecule is Nc1sncc1C1CCCN(C(=O)OCc2ccccc2)C1. The first-order valence-electron chi connectivity index (χ1n) is 7.39. The Bertz CT molecular complexity index is 629. The molecule has 2 aromatic rings. The molecule has 5 nitrogen and oxygen atoms in total. The molecule has 1 amide bonds. The van der Waals surface area contributed by atoms with Crippen LogP contribution in [-0.2, 0) is 11.3 Å². The van der Waals surface area contributed by atoms with E-state index in [0.717, 1.165) is 35.5 Å². The molecule has 2 N–H and O–H groups in total. The number of rotatable bonds is 3. The number of hydrogen-bond donors (Lipinski definition) is 1. The first-order valence-corrected chi connectivity index (χ1v) is 8.17. The lowest BCUT2D eigenvalue weighted by molar-refractivity contribution is 0.0859. The van der Waals surface area contributed by atoms with E-state index in [1.54, 1.807) is 4.90 Å². The molecule has 1 aliphatic rings. The zero-order chi connectivity index (χ0) is 15.4. The molecule has 1 aromatic carbocycles. The van der Waals surface area contributed by atoms with E-state index >= 15 is 0 Å². The van der Waals surface area contributed by atoms with Crippen molar-refractivity contribution in [2.24, 2.45) is 0 Å². The number of carbonyl (C=O) groups excluding carboxylic acids is 1. The number of carbonyl (C=O) groups is 1. The van der Waals surface area contributed by atoms with Crippen LogP contribution >= 0.6 is 11.5 Å². The minimum atomic E-state index is -0.254. The molecule has 1 fully saturated rings. The molecule has 6 heteroatoms. The first-order chi connectivity index (χ1) is 10.7. The summed E-state index contributed by atoms with van der Waals surface area (Å²) in [7, 11) is 0. The maximum atomic E-state index is 12.2. The topological polar surface area (TPSA) is 68.5 Å². The normalized spacial score (nSPS) is 18.2. The molecule has 3 rings (SSSR count). The number of nitrogens with zero attached hydrogens (tertiary/aromatic N) is 2. The highest BCUT2D eigenvalue weighted by atomic mass is 32.1. The molecule has 116 valence electrons. The summed E-state index contributed by atoms with van der Waals surface area (Å²) in [6.07, 6.45) is 3.56. The minimum absolute atomic E-state index is 0.254. The molecule has 22 heavy (non-hydrogen) atoms. The Kier molecular flexibility index (Phi) is 4.58. The Morgan fingerprint density at radius 1 is 1.41 bits per heavy atom. The van der Waals surface area contributed by atoms with Gasteiger partial charge in [0.25, 0.3) is 0 Å². The van der Waals surface area contributed by atoms with Gasteiger partial charge in [-0.25, -0.2) is 4.79 Å². The number of nitrogens with two attached hydrogens (primary N) is 1. The fourth-order valence-corrected chi connectivity index (χ4v) is 3.37. The number of anilines is 1. The second kappa shape index (κ2) is 6.79. The van der Waals surface area contributed by atoms with Gasteiger partial charge in [-0.15, -0.1) is 0 Å². The number of amides is 1. The van der Waals surface area contributed by atoms with Gasteiger partial charge in [0.05, 0.1) is 0 Å². The van der Waals surface area contributed by atoms with E-state index in [9.17, 15) is 4.79 Å². The summed E-state index contributed by atoms with van der Waals surface area (Å²) in [5.41, 5.74) is 8.01. The number of likely N-dealkylation sites (tertiary alicyclic amines) is 1. The molecular formula is C16H19N3O2S. The van der Waals surface area contributed by atoms with Crippen molar-refractivity contribution in [1.29, 1.82) is 0 Å². The van der Waals surface area contributed by atoms with Crippen LogP contribution in [0.3, 0.4) is 0 Å². The molecule has 2 heterocycles. The van der Waals surface area contributed by atoms with Crippen LogP contribution in [0, 0.1) is 0 Å². The van der Waals surface area contributed by atoms with Gasteiger partial charge in [0, 0.05) is 30.8 Å². The van der Waals surface area contributed by atoms with Crippen molar-refractivity contribution >= 4 is 22.6 Å². The summed E-state index contributed by atoms with van der Waals surface area (Å²) in [5, 5.41) is 0.754. The molecule has 1 unspecified atom stereocenters. The van der Waals surface area contributed by atoms with Crippen LogP contribution in [0.4, 0.5) is 9.80 Å². The smallest absolute Gasteiger partial charge is 0.410 e. The first kappa shape index (κ1) is 14.8. The fourth-order valence-electron chi connectivity index (χ4n) is 2.77. The van der Waals surface area contributed by atoms with Gasteiger partial charge in [0.1, 0.15) is 11.6 Å². The highest BCUT2D eigenvalue weighted by Gasteiger charge is 2.27. The summed E-state index contributed by atoms with van der Waals surface area (Å²) in [4.78, 5) is 14.0. The van der Waals surface area contributed by atoms with Crippen molar-refractivity contribution in [2.45, 2.75) is 25.4 Å². The summed E-state index contributed by atoms with van der Waals surface area (Å²) in [5.74, 6) is 0.261. The van der Waals surface area contributed by atoms with Crippen molar-refractivity contribution < 1.29 is 9.53 Å². The van der Waals surface area contributed by atoms with Crippen molar-refractivity contribution in [1.82, 2.24) is 9.27 Å². The highest BCUT2D eigenvalue weighted by Crippen LogP contribution is 2.32. The second-order valence-corrected chi connectivity index (χ2v) is 6.30. The van der Waals surface area contributed by atoms with E-state index in [0.29, 0.717) is 13.2 Å². The van der Waals surface area contributed by atoms with Crippen LogP contribution < -0.4 is 5.73 Å². The average molecular weight is 317 g/mol. The van der Waals surface area contributed by atoms with Crippen LogP contribution in [0.25, 0.3) is 0 Å². The van der Waals surface area contributed by atoms with Gasteiger partial charge in [-0.2, -0.15) is 4.37 Å². The Balaban J connectivity index is 1.57. The van der Waals surface area contributed by atoms with Crippen molar-refractivity contribution in [2.75, 3.05) is 18.8 Å². The molecule has 0 saturated carbocycles. The predicted octanol–water partition coefficient (Wildman–Crippen LogP) is 3.24. The molecule has 1 aliphatic heterocycles. The maximum Gasteiger partial charge on any atom is 0.410 e. The molecule has 1 saturated heterocycles. The Labute approximate surface area is 133 Å². The third kappa shape index (κ3) is 3.39. The van der Waals surface area contributed by atoms with Gasteiger partial charge < -0.3 is 15.4 Å². The van der Waals surface area contributed by atoms with Gasteiger partial charge in [0.15, 0.2) is 0 Å². The summed E-state index contributed by atoms with van der Waals surface area (Å²) >= 11 is 1.31. The minimum Gasteiger partial charge on any atom is -0.445 e. The van der Waals surface area contributed by atoms with Gasteiger partial charge in [-0.1, -0.05) is 30.3 Å². The third-order valence-corrected chi connectivity index (χ3v) is 4.60. The quantitative estimate of drug-likeness (QED) is 0.943.